The molecule has 0 aliphatic carbocycles. The molecule has 0 spiro atoms. The number of nitrogens with one attached hydrogen (secondary N) is 1. The number of benzene rings is 2. The van der Waals surface area contributed by atoms with E-state index < -0.39 is 21.1 Å². The van der Waals surface area contributed by atoms with E-state index in [0.717, 1.165) is 5.56 Å². The average molecular weight is 417 g/mol. The first-order valence-corrected chi connectivity index (χ1v) is 10.6. The van der Waals surface area contributed by atoms with Crippen molar-refractivity contribution in [3.8, 4) is 0 Å². The molecule has 0 amide bonds. The molecule has 3 aromatic rings. The van der Waals surface area contributed by atoms with E-state index in [0.29, 0.717) is 24.1 Å². The molecule has 0 radical (unpaired) electrons. The van der Waals surface area contributed by atoms with Gasteiger partial charge in [-0.15, -0.1) is 0 Å². The van der Waals surface area contributed by atoms with E-state index in [1.54, 1.807) is 0 Å². The molecule has 0 bridgehead atoms. The van der Waals surface area contributed by atoms with Gasteiger partial charge in [0.05, 0.1) is 15.9 Å². The SMILES string of the molecule is CN(CCNS(=O)(=O)c1ccc2c(c1)n(C)c(=O)c(=O)n2C)Cc1ccccc1. The summed E-state index contributed by atoms with van der Waals surface area (Å²) in [6.45, 7) is 1.50. The fourth-order valence-corrected chi connectivity index (χ4v) is 4.20. The number of nitrogens with zero attached hydrogens (tertiary/aromatic N) is 3. The summed E-state index contributed by atoms with van der Waals surface area (Å²) in [7, 11) is 1.11. The highest BCUT2D eigenvalue weighted by atomic mass is 32.2. The third kappa shape index (κ3) is 4.47. The van der Waals surface area contributed by atoms with E-state index in [1.807, 2.05) is 42.3 Å². The van der Waals surface area contributed by atoms with Gasteiger partial charge in [0.25, 0.3) is 0 Å². The van der Waals surface area contributed by atoms with E-state index in [2.05, 4.69) is 4.72 Å². The highest BCUT2D eigenvalue weighted by Crippen LogP contribution is 2.16. The van der Waals surface area contributed by atoms with E-state index in [4.69, 9.17) is 0 Å². The lowest BCUT2D eigenvalue weighted by molar-refractivity contribution is 0.332. The molecule has 0 aliphatic rings. The molecular weight excluding hydrogens is 392 g/mol. The second-order valence-corrected chi connectivity index (χ2v) is 8.77. The van der Waals surface area contributed by atoms with Crippen LogP contribution in [-0.2, 0) is 30.7 Å². The van der Waals surface area contributed by atoms with Crippen molar-refractivity contribution >= 4 is 21.1 Å². The Bertz CT molecular complexity index is 1250. The number of aromatic nitrogens is 2. The fourth-order valence-electron chi connectivity index (χ4n) is 3.16. The van der Waals surface area contributed by atoms with E-state index >= 15 is 0 Å². The quantitative estimate of drug-likeness (QED) is 0.571. The molecule has 1 N–H and O–H groups in total. The number of hydrogen-bond acceptors (Lipinski definition) is 5. The highest BCUT2D eigenvalue weighted by Gasteiger charge is 2.17. The van der Waals surface area contributed by atoms with Gasteiger partial charge < -0.3 is 14.0 Å². The van der Waals surface area contributed by atoms with E-state index in [1.165, 1.54) is 41.4 Å². The summed E-state index contributed by atoms with van der Waals surface area (Å²) in [6, 6.07) is 14.3. The van der Waals surface area contributed by atoms with Gasteiger partial charge in [0.2, 0.25) is 10.0 Å². The summed E-state index contributed by atoms with van der Waals surface area (Å²) in [5.74, 6) is 0. The van der Waals surface area contributed by atoms with Gasteiger partial charge in [-0.25, -0.2) is 13.1 Å². The molecule has 2 aromatic carbocycles. The summed E-state index contributed by atoms with van der Waals surface area (Å²) < 4.78 is 30.3. The van der Waals surface area contributed by atoms with Crippen LogP contribution in [-0.4, -0.2) is 42.6 Å². The van der Waals surface area contributed by atoms with Crippen molar-refractivity contribution < 1.29 is 8.42 Å². The first-order valence-electron chi connectivity index (χ1n) is 9.12. The monoisotopic (exact) mass is 416 g/mol. The Balaban J connectivity index is 1.75. The van der Waals surface area contributed by atoms with Gasteiger partial charge in [0.15, 0.2) is 0 Å². The molecule has 0 fully saturated rings. The Hall–Kier alpha value is -2.75. The number of aryl methyl sites for hydroxylation is 2. The van der Waals surface area contributed by atoms with Crippen LogP contribution in [0.4, 0.5) is 0 Å². The maximum atomic E-state index is 12.7. The van der Waals surface area contributed by atoms with Crippen LogP contribution in [0.15, 0.2) is 63.0 Å². The minimum atomic E-state index is -3.75. The van der Waals surface area contributed by atoms with Crippen molar-refractivity contribution in [3.05, 3.63) is 74.8 Å². The zero-order valence-corrected chi connectivity index (χ0v) is 17.4. The van der Waals surface area contributed by atoms with Crippen molar-refractivity contribution in [1.29, 1.82) is 0 Å². The van der Waals surface area contributed by atoms with Crippen molar-refractivity contribution in [2.24, 2.45) is 14.1 Å². The molecule has 0 atom stereocenters. The first kappa shape index (κ1) is 21.0. The minimum Gasteiger partial charge on any atom is -0.305 e. The summed E-state index contributed by atoms with van der Waals surface area (Å²) in [5.41, 5.74) is 0.652. The van der Waals surface area contributed by atoms with Crippen LogP contribution in [0.2, 0.25) is 0 Å². The lowest BCUT2D eigenvalue weighted by Crippen LogP contribution is -2.39. The van der Waals surface area contributed by atoms with Crippen LogP contribution < -0.4 is 15.8 Å². The summed E-state index contributed by atoms with van der Waals surface area (Å²) in [6.07, 6.45) is 0. The first-order chi connectivity index (χ1) is 13.7. The molecule has 154 valence electrons. The lowest BCUT2D eigenvalue weighted by atomic mass is 10.2. The lowest BCUT2D eigenvalue weighted by Gasteiger charge is -2.17. The van der Waals surface area contributed by atoms with Gasteiger partial charge in [-0.2, -0.15) is 0 Å². The van der Waals surface area contributed by atoms with Gasteiger partial charge in [-0.05, 0) is 30.8 Å². The van der Waals surface area contributed by atoms with Gasteiger partial charge in [0, 0.05) is 33.7 Å². The van der Waals surface area contributed by atoms with Crippen LogP contribution in [0.25, 0.3) is 11.0 Å². The number of hydrogen-bond donors (Lipinski definition) is 1. The molecule has 0 saturated carbocycles. The second-order valence-electron chi connectivity index (χ2n) is 7.00. The van der Waals surface area contributed by atoms with Crippen molar-refractivity contribution in [2.45, 2.75) is 11.4 Å². The maximum Gasteiger partial charge on any atom is 0.316 e. The number of sulfonamides is 1. The number of fused-ring (bicyclic) bond motifs is 1. The molecule has 1 heterocycles. The highest BCUT2D eigenvalue weighted by molar-refractivity contribution is 7.89. The smallest absolute Gasteiger partial charge is 0.305 e. The zero-order valence-electron chi connectivity index (χ0n) is 16.6. The topological polar surface area (TPSA) is 93.4 Å². The van der Waals surface area contributed by atoms with E-state index in [-0.39, 0.29) is 11.4 Å². The molecule has 29 heavy (non-hydrogen) atoms. The Kier molecular flexibility index (Phi) is 6.02. The summed E-state index contributed by atoms with van der Waals surface area (Å²) in [5, 5.41) is 0. The van der Waals surface area contributed by atoms with Crippen molar-refractivity contribution in [2.75, 3.05) is 20.1 Å². The third-order valence-corrected chi connectivity index (χ3v) is 6.31. The standard InChI is InChI=1S/C20H24N4O4S/c1-22(14-15-7-5-4-6-8-15)12-11-21-29(27,28)16-9-10-17-18(13-16)24(3)20(26)19(25)23(17)2/h4-10,13,21H,11-12,14H2,1-3H3. The van der Waals surface area contributed by atoms with Gasteiger partial charge in [-0.1, -0.05) is 30.3 Å². The molecular formula is C20H24N4O4S. The van der Waals surface area contributed by atoms with Crippen LogP contribution in [0.3, 0.4) is 0 Å². The molecule has 0 aliphatic heterocycles. The van der Waals surface area contributed by atoms with Crippen LogP contribution >= 0.6 is 0 Å². The minimum absolute atomic E-state index is 0.0457. The molecule has 3 rings (SSSR count). The van der Waals surface area contributed by atoms with E-state index in [9.17, 15) is 18.0 Å². The average Bonchev–Trinajstić information content (AvgIpc) is 2.70. The van der Waals surface area contributed by atoms with Crippen LogP contribution in [0.5, 0.6) is 0 Å². The van der Waals surface area contributed by atoms with Crippen LogP contribution in [0.1, 0.15) is 5.56 Å². The molecule has 9 heteroatoms. The Morgan fingerprint density at radius 1 is 0.931 bits per heavy atom. The van der Waals surface area contributed by atoms with Gasteiger partial charge in [-0.3, -0.25) is 9.59 Å². The Morgan fingerprint density at radius 3 is 2.21 bits per heavy atom. The molecule has 1 aromatic heterocycles. The third-order valence-electron chi connectivity index (χ3n) is 4.85. The second kappa shape index (κ2) is 8.32. The predicted octanol–water partition coefficient (Wildman–Crippen LogP) is 0.647. The van der Waals surface area contributed by atoms with Crippen molar-refractivity contribution in [1.82, 2.24) is 18.8 Å². The Morgan fingerprint density at radius 2 is 1.55 bits per heavy atom. The van der Waals surface area contributed by atoms with Crippen molar-refractivity contribution in [3.63, 3.8) is 0 Å². The summed E-state index contributed by atoms with van der Waals surface area (Å²) >= 11 is 0. The Labute approximate surface area is 169 Å². The normalized spacial score (nSPS) is 12.0. The maximum absolute atomic E-state index is 12.7. The van der Waals surface area contributed by atoms with Gasteiger partial charge >= 0.3 is 11.1 Å². The zero-order chi connectivity index (χ0) is 21.2. The molecule has 0 unspecified atom stereocenters. The van der Waals surface area contributed by atoms with Crippen LogP contribution in [0, 0.1) is 0 Å². The fraction of sp³-hybridized carbons (Fsp3) is 0.300. The van der Waals surface area contributed by atoms with Gasteiger partial charge in [0.1, 0.15) is 0 Å². The largest absolute Gasteiger partial charge is 0.316 e. The molecule has 0 saturated heterocycles. The molecule has 8 nitrogen and oxygen atoms in total. The number of rotatable bonds is 7. The summed E-state index contributed by atoms with van der Waals surface area (Å²) in [4.78, 5) is 26.0. The number of likely N-dealkylation sites (N-methyl/N-ethyl adjacent to an activating group) is 1. The predicted molar refractivity (Wildman–Crippen MR) is 112 cm³/mol.